The zero-order chi connectivity index (χ0) is 23.0. The second kappa shape index (κ2) is 8.48. The van der Waals surface area contributed by atoms with Crippen molar-refractivity contribution in [2.45, 2.75) is 24.8 Å². The number of fused-ring (bicyclic) bond motifs is 2. The molecule has 1 fully saturated rings. The van der Waals surface area contributed by atoms with Crippen molar-refractivity contribution in [3.8, 4) is 0 Å². The molecule has 170 valence electrons. The number of piperidine rings is 1. The van der Waals surface area contributed by atoms with Gasteiger partial charge in [-0.1, -0.05) is 12.1 Å². The van der Waals surface area contributed by atoms with Crippen LogP contribution < -0.4 is 4.90 Å². The first-order valence-electron chi connectivity index (χ1n) is 11.0. The van der Waals surface area contributed by atoms with E-state index in [1.165, 1.54) is 19.4 Å². The van der Waals surface area contributed by atoms with Gasteiger partial charge in [-0.25, -0.2) is 9.18 Å². The molecule has 3 heterocycles. The van der Waals surface area contributed by atoms with E-state index in [9.17, 15) is 14.0 Å². The highest BCUT2D eigenvalue weighted by molar-refractivity contribution is 6.06. The summed E-state index contributed by atoms with van der Waals surface area (Å²) in [6.45, 7) is 2.95. The Morgan fingerprint density at radius 1 is 1.09 bits per heavy atom. The van der Waals surface area contributed by atoms with Gasteiger partial charge in [0.05, 0.1) is 18.9 Å². The van der Waals surface area contributed by atoms with E-state index in [-0.39, 0.29) is 28.9 Å². The number of likely N-dealkylation sites (tertiary alicyclic amines) is 1. The molecule has 1 spiro atoms. The van der Waals surface area contributed by atoms with Gasteiger partial charge in [0, 0.05) is 24.2 Å². The molecule has 2 aliphatic rings. The molecule has 0 atom stereocenters. The second-order valence-electron chi connectivity index (χ2n) is 8.78. The Morgan fingerprint density at radius 3 is 2.52 bits per heavy atom. The van der Waals surface area contributed by atoms with Gasteiger partial charge in [-0.3, -0.25) is 9.69 Å². The number of carbonyl (C=O) groups excluding carboxylic acids is 2. The molecule has 2 aromatic carbocycles. The van der Waals surface area contributed by atoms with Crippen LogP contribution in [0, 0.1) is 5.82 Å². The van der Waals surface area contributed by atoms with E-state index in [4.69, 9.17) is 9.15 Å². The Bertz CT molecular complexity index is 1170. The van der Waals surface area contributed by atoms with Gasteiger partial charge in [0.15, 0.2) is 5.76 Å². The number of hydrogen-bond donors (Lipinski definition) is 0. The first-order chi connectivity index (χ1) is 16.0. The molecule has 33 heavy (non-hydrogen) atoms. The molecule has 2 aliphatic heterocycles. The van der Waals surface area contributed by atoms with Gasteiger partial charge in [0.25, 0.3) is 5.91 Å². The van der Waals surface area contributed by atoms with Gasteiger partial charge >= 0.3 is 5.97 Å². The van der Waals surface area contributed by atoms with E-state index in [2.05, 4.69) is 4.90 Å². The van der Waals surface area contributed by atoms with Gasteiger partial charge in [-0.2, -0.15) is 0 Å². The summed E-state index contributed by atoms with van der Waals surface area (Å²) in [7, 11) is 1.37. The normalized spacial score (nSPS) is 17.2. The summed E-state index contributed by atoms with van der Waals surface area (Å²) >= 11 is 0. The fourth-order valence-corrected chi connectivity index (χ4v) is 5.04. The van der Waals surface area contributed by atoms with Crippen molar-refractivity contribution in [3.63, 3.8) is 0 Å². The lowest BCUT2D eigenvalue weighted by molar-refractivity contribution is 0.0600. The maximum Gasteiger partial charge on any atom is 0.337 e. The van der Waals surface area contributed by atoms with E-state index in [1.807, 2.05) is 12.1 Å². The zero-order valence-corrected chi connectivity index (χ0v) is 18.4. The summed E-state index contributed by atoms with van der Waals surface area (Å²) in [5.41, 5.74) is 3.05. The van der Waals surface area contributed by atoms with Crippen LogP contribution in [0.4, 0.5) is 10.1 Å². The monoisotopic (exact) mass is 448 g/mol. The Labute approximate surface area is 191 Å². The summed E-state index contributed by atoms with van der Waals surface area (Å²) in [4.78, 5) is 28.8. The molecule has 0 unspecified atom stereocenters. The van der Waals surface area contributed by atoms with Gasteiger partial charge in [-0.05, 0) is 79.5 Å². The summed E-state index contributed by atoms with van der Waals surface area (Å²) in [6, 6.07) is 15.5. The third-order valence-corrected chi connectivity index (χ3v) is 6.85. The van der Waals surface area contributed by atoms with Crippen LogP contribution in [0.1, 0.15) is 44.9 Å². The van der Waals surface area contributed by atoms with E-state index < -0.39 is 0 Å². The maximum absolute atomic E-state index is 14.2. The predicted molar refractivity (Wildman–Crippen MR) is 121 cm³/mol. The lowest BCUT2D eigenvalue weighted by Crippen LogP contribution is -2.45. The van der Waals surface area contributed by atoms with E-state index in [0.717, 1.165) is 49.3 Å². The fraction of sp³-hybridized carbons (Fsp3) is 0.308. The molecule has 6 nitrogen and oxygen atoms in total. The number of anilines is 1. The van der Waals surface area contributed by atoms with Crippen LogP contribution in [0.25, 0.3) is 0 Å². The van der Waals surface area contributed by atoms with E-state index in [1.54, 1.807) is 41.3 Å². The largest absolute Gasteiger partial charge is 0.465 e. The molecule has 3 aromatic rings. The molecule has 5 rings (SSSR count). The molecule has 0 aliphatic carbocycles. The number of benzene rings is 2. The van der Waals surface area contributed by atoms with Crippen molar-refractivity contribution < 1.29 is 23.1 Å². The third kappa shape index (κ3) is 3.93. The second-order valence-corrected chi connectivity index (χ2v) is 8.78. The Morgan fingerprint density at radius 2 is 1.85 bits per heavy atom. The molecule has 0 bridgehead atoms. The molecule has 7 heteroatoms. The first kappa shape index (κ1) is 21.4. The number of nitrogens with zero attached hydrogens (tertiary/aromatic N) is 2. The quantitative estimate of drug-likeness (QED) is 0.554. The molecule has 1 saturated heterocycles. The topological polar surface area (TPSA) is 63.0 Å². The van der Waals surface area contributed by atoms with Gasteiger partial charge < -0.3 is 14.1 Å². The number of amides is 1. The van der Waals surface area contributed by atoms with Crippen LogP contribution in [0.5, 0.6) is 0 Å². The van der Waals surface area contributed by atoms with Crippen molar-refractivity contribution in [1.29, 1.82) is 0 Å². The maximum atomic E-state index is 14.2. The molecule has 0 saturated carbocycles. The average Bonchev–Trinajstić information content (AvgIpc) is 3.48. The smallest absolute Gasteiger partial charge is 0.337 e. The number of ether oxygens (including phenoxy) is 1. The first-order valence-corrected chi connectivity index (χ1v) is 11.0. The minimum atomic E-state index is -0.345. The number of methoxy groups -OCH3 is 1. The molecule has 1 amide bonds. The van der Waals surface area contributed by atoms with Crippen LogP contribution in [0.3, 0.4) is 0 Å². The fourth-order valence-electron chi connectivity index (χ4n) is 5.04. The van der Waals surface area contributed by atoms with Crippen LogP contribution in [-0.4, -0.2) is 43.5 Å². The number of furan rings is 1. The third-order valence-electron chi connectivity index (χ3n) is 6.85. The van der Waals surface area contributed by atoms with Gasteiger partial charge in [0.2, 0.25) is 0 Å². The minimum absolute atomic E-state index is 0.196. The number of halogens is 1. The summed E-state index contributed by atoms with van der Waals surface area (Å²) in [6.07, 6.45) is 3.14. The summed E-state index contributed by atoms with van der Waals surface area (Å²) < 4.78 is 24.3. The molecule has 1 aromatic heterocycles. The van der Waals surface area contributed by atoms with Crippen molar-refractivity contribution in [3.05, 3.63) is 89.1 Å². The van der Waals surface area contributed by atoms with Crippen molar-refractivity contribution in [2.24, 2.45) is 0 Å². The highest BCUT2D eigenvalue weighted by atomic mass is 19.1. The lowest BCUT2D eigenvalue weighted by Gasteiger charge is -2.40. The van der Waals surface area contributed by atoms with Gasteiger partial charge in [0.1, 0.15) is 5.82 Å². The SMILES string of the molecule is COC(=O)c1ccc(CN2CCC3(CC2)CN(C(=O)c2ccco2)c2ccc(F)cc23)cc1. The molecular weight excluding hydrogens is 423 g/mol. The minimum Gasteiger partial charge on any atom is -0.465 e. The Balaban J connectivity index is 1.32. The number of hydrogen-bond acceptors (Lipinski definition) is 5. The predicted octanol–water partition coefficient (Wildman–Crippen LogP) is 4.40. The Hall–Kier alpha value is -3.45. The van der Waals surface area contributed by atoms with E-state index in [0.29, 0.717) is 12.1 Å². The average molecular weight is 448 g/mol. The number of carbonyl (C=O) groups is 2. The van der Waals surface area contributed by atoms with Crippen molar-refractivity contribution >= 4 is 17.6 Å². The number of esters is 1. The van der Waals surface area contributed by atoms with Crippen molar-refractivity contribution in [1.82, 2.24) is 4.90 Å². The summed E-state index contributed by atoms with van der Waals surface area (Å²) in [5.74, 6) is -0.538. The molecular formula is C26H25FN2O4. The van der Waals surface area contributed by atoms with Crippen molar-refractivity contribution in [2.75, 3.05) is 31.6 Å². The van der Waals surface area contributed by atoms with Crippen LogP contribution in [0.15, 0.2) is 65.3 Å². The standard InChI is InChI=1S/C26H25FN2O4/c1-32-25(31)19-6-4-18(5-7-19)16-28-12-10-26(11-13-28)17-29(24(30)23-3-2-14-33-23)22-9-8-20(27)15-21(22)26/h2-9,14-15H,10-13,16-17H2,1H3. The van der Waals surface area contributed by atoms with Crippen LogP contribution in [0.2, 0.25) is 0 Å². The van der Waals surface area contributed by atoms with Gasteiger partial charge in [-0.15, -0.1) is 0 Å². The highest BCUT2D eigenvalue weighted by Gasteiger charge is 2.47. The molecule has 0 radical (unpaired) electrons. The van der Waals surface area contributed by atoms with E-state index >= 15 is 0 Å². The van der Waals surface area contributed by atoms with Crippen LogP contribution >= 0.6 is 0 Å². The zero-order valence-electron chi connectivity index (χ0n) is 18.4. The molecule has 0 N–H and O–H groups in total. The highest BCUT2D eigenvalue weighted by Crippen LogP contribution is 2.47. The van der Waals surface area contributed by atoms with Crippen LogP contribution in [-0.2, 0) is 16.7 Å². The lowest BCUT2D eigenvalue weighted by atomic mass is 9.74. The number of rotatable bonds is 4. The summed E-state index contributed by atoms with van der Waals surface area (Å²) in [5, 5.41) is 0. The Kier molecular flexibility index (Phi) is 5.50.